The van der Waals surface area contributed by atoms with E-state index in [1.807, 2.05) is 0 Å². The molecule has 0 fully saturated rings. The summed E-state index contributed by atoms with van der Waals surface area (Å²) in [5.74, 6) is 0. The summed E-state index contributed by atoms with van der Waals surface area (Å²) in [6.07, 6.45) is 6.55. The minimum absolute atomic E-state index is 0. The third-order valence-corrected chi connectivity index (χ3v) is 2.03. The van der Waals surface area contributed by atoms with Gasteiger partial charge < -0.3 is 11.2 Å². The van der Waals surface area contributed by atoms with E-state index in [1.54, 1.807) is 0 Å². The maximum atomic E-state index is 10.2. The zero-order chi connectivity index (χ0) is 10.9. The minimum atomic E-state index is -4.45. The summed E-state index contributed by atoms with van der Waals surface area (Å²) < 4.78 is 14.0. The van der Waals surface area contributed by atoms with Gasteiger partial charge in [-0.05, 0) is 6.42 Å². The van der Waals surface area contributed by atoms with Crippen LogP contribution in [0.15, 0.2) is 0 Å². The Morgan fingerprint density at radius 1 is 1.13 bits per heavy atom. The van der Waals surface area contributed by atoms with E-state index in [0.29, 0.717) is 0 Å². The Morgan fingerprint density at radius 3 is 2.20 bits per heavy atom. The second-order valence-corrected chi connectivity index (χ2v) is 4.29. The van der Waals surface area contributed by atoms with Crippen LogP contribution in [0.2, 0.25) is 0 Å². The Labute approximate surface area is 114 Å². The van der Waals surface area contributed by atoms with Gasteiger partial charge in [-0.1, -0.05) is 39.0 Å². The van der Waals surface area contributed by atoms with Crippen LogP contribution in [0, 0.1) is 0 Å². The van der Waals surface area contributed by atoms with Crippen molar-refractivity contribution in [2.75, 3.05) is 6.61 Å². The first-order valence-electron chi connectivity index (χ1n) is 4.93. The molecule has 0 rings (SSSR count). The molecule has 88 valence electrons. The molecule has 0 atom stereocenters. The van der Waals surface area contributed by atoms with Crippen LogP contribution in [-0.2, 0) is 14.1 Å². The summed E-state index contributed by atoms with van der Waals surface area (Å²) in [5.41, 5.74) is 0. The van der Waals surface area contributed by atoms with Crippen LogP contribution in [-0.4, -0.2) is 16.4 Å². The molecule has 2 N–H and O–H groups in total. The van der Waals surface area contributed by atoms with Crippen molar-refractivity contribution in [3.8, 4) is 0 Å². The first-order chi connectivity index (χ1) is 6.56. The molecule has 0 aliphatic rings. The van der Waals surface area contributed by atoms with Crippen LogP contribution in [0.25, 0.3) is 0 Å². The van der Waals surface area contributed by atoms with Gasteiger partial charge in [0.2, 0.25) is 0 Å². The Morgan fingerprint density at radius 2 is 1.67 bits per heavy atom. The van der Waals surface area contributed by atoms with E-state index in [0.717, 1.165) is 19.3 Å². The molecular weight excluding hydrogens is 230 g/mol. The quantitative estimate of drug-likeness (QED) is 0.190. The van der Waals surface area contributed by atoms with E-state index < -0.39 is 7.82 Å². The molecular formula is C8H20NaO5P. The normalized spacial score (nSPS) is 11.1. The molecule has 5 nitrogen and oxygen atoms in total. The smallest absolute Gasteiger partial charge is 1.00 e. The van der Waals surface area contributed by atoms with Gasteiger partial charge in [-0.3, -0.25) is 0 Å². The van der Waals surface area contributed by atoms with Crippen molar-refractivity contribution in [2.45, 2.75) is 45.4 Å². The summed E-state index contributed by atoms with van der Waals surface area (Å²) in [5, 5.41) is 0. The summed E-state index contributed by atoms with van der Waals surface area (Å²) in [4.78, 5) is 20.8. The molecule has 0 saturated carbocycles. The first-order valence-corrected chi connectivity index (χ1v) is 6.46. The monoisotopic (exact) mass is 250 g/mol. The van der Waals surface area contributed by atoms with Gasteiger partial charge in [-0.15, -0.1) is 4.67 Å². The van der Waals surface area contributed by atoms with Gasteiger partial charge in [0, 0.05) is 0 Å². The van der Waals surface area contributed by atoms with E-state index >= 15 is 0 Å². The number of unbranched alkanes of at least 4 members (excludes halogenated alkanes) is 5. The molecule has 0 aliphatic heterocycles. The predicted octanol–water partition coefficient (Wildman–Crippen LogP) is -0.496. The van der Waals surface area contributed by atoms with Gasteiger partial charge in [0.15, 0.2) is 0 Å². The van der Waals surface area contributed by atoms with Crippen molar-refractivity contribution in [2.24, 2.45) is 0 Å². The van der Waals surface area contributed by atoms with E-state index in [9.17, 15) is 4.57 Å². The molecule has 7 heteroatoms. The van der Waals surface area contributed by atoms with Gasteiger partial charge >= 0.3 is 37.4 Å². The Balaban J connectivity index is -0.000000845. The summed E-state index contributed by atoms with van der Waals surface area (Å²) in [6, 6.07) is 0. The number of hydrogen-bond donors (Lipinski definition) is 2. The fraction of sp³-hybridized carbons (Fsp3) is 1.00. The van der Waals surface area contributed by atoms with Crippen LogP contribution in [0.3, 0.4) is 0 Å². The van der Waals surface area contributed by atoms with Crippen molar-refractivity contribution in [1.29, 1.82) is 0 Å². The number of rotatable bonds is 9. The Bertz CT molecular complexity index is 178. The first kappa shape index (κ1) is 18.4. The van der Waals surface area contributed by atoms with Crippen molar-refractivity contribution in [1.82, 2.24) is 0 Å². The molecule has 15 heavy (non-hydrogen) atoms. The predicted molar refractivity (Wildman–Crippen MR) is 53.6 cm³/mol. The van der Waals surface area contributed by atoms with Crippen LogP contribution >= 0.6 is 7.82 Å². The zero-order valence-electron chi connectivity index (χ0n) is 10.5. The third kappa shape index (κ3) is 17.7. The van der Waals surface area contributed by atoms with E-state index in [2.05, 4.69) is 16.5 Å². The topological polar surface area (TPSA) is 76.0 Å². The van der Waals surface area contributed by atoms with Crippen LogP contribution in [0.4, 0.5) is 0 Å². The Kier molecular flexibility index (Phi) is 14.2. The zero-order valence-corrected chi connectivity index (χ0v) is 12.4. The van der Waals surface area contributed by atoms with E-state index in [-0.39, 0.29) is 37.6 Å². The molecule has 0 aromatic heterocycles. The van der Waals surface area contributed by atoms with E-state index in [4.69, 9.17) is 9.79 Å². The number of hydrogen-bond acceptors (Lipinski definition) is 3. The van der Waals surface area contributed by atoms with Crippen molar-refractivity contribution < 1.29 is 54.9 Å². The van der Waals surface area contributed by atoms with Gasteiger partial charge in [0.1, 0.15) is 0 Å². The van der Waals surface area contributed by atoms with Gasteiger partial charge in [0.25, 0.3) is 0 Å². The van der Waals surface area contributed by atoms with Crippen molar-refractivity contribution in [3.05, 3.63) is 0 Å². The van der Waals surface area contributed by atoms with Crippen LogP contribution < -0.4 is 29.6 Å². The average molecular weight is 250 g/mol. The maximum Gasteiger partial charge on any atom is 1.00 e. The Hall–Kier alpha value is 1.07. The fourth-order valence-corrected chi connectivity index (χ4v) is 1.26. The summed E-state index contributed by atoms with van der Waals surface area (Å²) >= 11 is 0. The molecule has 0 unspecified atom stereocenters. The molecule has 0 saturated heterocycles. The van der Waals surface area contributed by atoms with Gasteiger partial charge in [-0.2, -0.15) is 0 Å². The number of phosphoric acid groups is 1. The summed E-state index contributed by atoms with van der Waals surface area (Å²) in [7, 11) is -4.45. The average Bonchev–Trinajstić information content (AvgIpc) is 2.08. The van der Waals surface area contributed by atoms with Crippen LogP contribution in [0.5, 0.6) is 0 Å². The molecule has 0 aliphatic carbocycles. The van der Waals surface area contributed by atoms with Crippen molar-refractivity contribution in [3.63, 3.8) is 0 Å². The molecule has 0 radical (unpaired) electrons. The molecule has 0 bridgehead atoms. The standard InChI is InChI=1S/C8H19O5P.Na.H/c1-2-3-4-5-6-7-8-12-13-14(9,10)11;;/h2-8H2,1H3,(H2,9,10,11);;/q;+1;-1. The maximum absolute atomic E-state index is 10.2. The SMILES string of the molecule is CCCCCCCCOOP(=O)(O)O.[H-].[Na+]. The molecule has 0 aromatic carbocycles. The second kappa shape index (κ2) is 11.6. The molecule has 0 aromatic rings. The van der Waals surface area contributed by atoms with Gasteiger partial charge in [-0.25, -0.2) is 9.45 Å². The summed E-state index contributed by atoms with van der Waals surface area (Å²) in [6.45, 7) is 2.38. The van der Waals surface area contributed by atoms with E-state index in [1.165, 1.54) is 19.3 Å². The largest absolute Gasteiger partial charge is 1.00 e. The van der Waals surface area contributed by atoms with Gasteiger partial charge in [0.05, 0.1) is 6.61 Å². The fourth-order valence-electron chi connectivity index (χ4n) is 1.05. The molecule has 0 heterocycles. The minimum Gasteiger partial charge on any atom is -1.00 e. The van der Waals surface area contributed by atoms with Crippen molar-refractivity contribution >= 4 is 7.82 Å². The third-order valence-electron chi connectivity index (χ3n) is 1.73. The molecule has 0 spiro atoms. The second-order valence-electron chi connectivity index (χ2n) is 3.15. The van der Waals surface area contributed by atoms with Crippen LogP contribution in [0.1, 0.15) is 46.9 Å². The molecule has 0 amide bonds.